The zero-order valence-electron chi connectivity index (χ0n) is 16.1. The van der Waals surface area contributed by atoms with Gasteiger partial charge in [0.05, 0.1) is 19.9 Å². The van der Waals surface area contributed by atoms with Crippen LogP contribution in [0.4, 0.5) is 5.69 Å². The number of amides is 1. The Morgan fingerprint density at radius 1 is 0.929 bits per heavy atom. The van der Waals surface area contributed by atoms with Crippen molar-refractivity contribution in [2.24, 2.45) is 0 Å². The number of carbonyl (C=O) groups is 2. The summed E-state index contributed by atoms with van der Waals surface area (Å²) < 4.78 is 10.7. The van der Waals surface area contributed by atoms with Crippen LogP contribution in [0.25, 0.3) is 0 Å². The van der Waals surface area contributed by atoms with Crippen LogP contribution >= 0.6 is 0 Å². The average molecular weight is 377 g/mol. The maximum absolute atomic E-state index is 13.2. The fourth-order valence-corrected chi connectivity index (χ4v) is 4.19. The minimum Gasteiger partial charge on any atom is -0.497 e. The van der Waals surface area contributed by atoms with E-state index in [4.69, 9.17) is 9.47 Å². The lowest BCUT2D eigenvalue weighted by molar-refractivity contribution is -0.119. The van der Waals surface area contributed by atoms with Crippen molar-refractivity contribution in [1.29, 1.82) is 0 Å². The van der Waals surface area contributed by atoms with Gasteiger partial charge in [-0.25, -0.2) is 0 Å². The van der Waals surface area contributed by atoms with Crippen LogP contribution in [0.3, 0.4) is 0 Å². The molecule has 0 N–H and O–H groups in total. The van der Waals surface area contributed by atoms with Crippen LogP contribution in [0.15, 0.2) is 59.8 Å². The molecule has 144 valence electrons. The first kappa shape index (κ1) is 18.3. The van der Waals surface area contributed by atoms with Crippen molar-refractivity contribution in [3.63, 3.8) is 0 Å². The Bertz CT molecular complexity index is 963. The normalized spacial score (nSPS) is 19.5. The van der Waals surface area contributed by atoms with Gasteiger partial charge in [0.1, 0.15) is 11.5 Å². The zero-order valence-corrected chi connectivity index (χ0v) is 16.1. The average Bonchev–Trinajstić information content (AvgIpc) is 2.73. The Kier molecular flexibility index (Phi) is 4.90. The van der Waals surface area contributed by atoms with Crippen molar-refractivity contribution in [1.82, 2.24) is 0 Å². The second-order valence-electron chi connectivity index (χ2n) is 7.10. The summed E-state index contributed by atoms with van der Waals surface area (Å²) in [5.41, 5.74) is 3.28. The van der Waals surface area contributed by atoms with Gasteiger partial charge in [-0.2, -0.15) is 0 Å². The second-order valence-corrected chi connectivity index (χ2v) is 7.10. The lowest BCUT2D eigenvalue weighted by atomic mass is 9.77. The first-order chi connectivity index (χ1) is 13.6. The van der Waals surface area contributed by atoms with E-state index in [0.29, 0.717) is 18.6 Å². The first-order valence-corrected chi connectivity index (χ1v) is 9.49. The van der Waals surface area contributed by atoms with E-state index in [2.05, 4.69) is 0 Å². The molecular weight excluding hydrogens is 354 g/mol. The molecule has 2 aliphatic rings. The zero-order chi connectivity index (χ0) is 19.7. The summed E-state index contributed by atoms with van der Waals surface area (Å²) in [6.45, 7) is 0. The van der Waals surface area contributed by atoms with E-state index in [0.717, 1.165) is 34.7 Å². The highest BCUT2D eigenvalue weighted by Gasteiger charge is 2.39. The largest absolute Gasteiger partial charge is 0.497 e. The number of nitrogens with zero attached hydrogens (tertiary/aromatic N) is 1. The van der Waals surface area contributed by atoms with Gasteiger partial charge in [-0.3, -0.25) is 14.5 Å². The number of rotatable bonds is 4. The van der Waals surface area contributed by atoms with Crippen molar-refractivity contribution < 1.29 is 19.1 Å². The number of methoxy groups -OCH3 is 2. The molecule has 1 unspecified atom stereocenters. The molecular formula is C23H23NO4. The molecule has 1 amide bonds. The topological polar surface area (TPSA) is 55.8 Å². The van der Waals surface area contributed by atoms with Gasteiger partial charge in [-0.05, 0) is 42.7 Å². The number of hydrogen-bond donors (Lipinski definition) is 0. The van der Waals surface area contributed by atoms with Gasteiger partial charge in [-0.1, -0.05) is 18.2 Å². The monoisotopic (exact) mass is 377 g/mol. The highest BCUT2D eigenvalue weighted by atomic mass is 16.5. The molecule has 2 aromatic rings. The first-order valence-electron chi connectivity index (χ1n) is 9.49. The van der Waals surface area contributed by atoms with Crippen LogP contribution in [-0.2, 0) is 9.59 Å². The quantitative estimate of drug-likeness (QED) is 0.800. The highest BCUT2D eigenvalue weighted by molar-refractivity contribution is 6.07. The number of anilines is 1. The molecule has 0 bridgehead atoms. The standard InChI is InChI=1S/C23H23NO4/c1-27-17-8-3-6-15(12-17)19-14-22(26)24(16-7-4-9-18(13-16)28-2)20-10-5-11-21(25)23(19)20/h3-4,6-9,12-13,19H,5,10-11,14H2,1-2H3. The number of benzene rings is 2. The predicted molar refractivity (Wildman–Crippen MR) is 107 cm³/mol. The maximum atomic E-state index is 13.2. The van der Waals surface area contributed by atoms with E-state index < -0.39 is 0 Å². The summed E-state index contributed by atoms with van der Waals surface area (Å²) in [5.74, 6) is 1.31. The molecule has 0 aromatic heterocycles. The maximum Gasteiger partial charge on any atom is 0.232 e. The van der Waals surface area contributed by atoms with Gasteiger partial charge in [0.2, 0.25) is 5.91 Å². The predicted octanol–water partition coefficient (Wildman–Crippen LogP) is 4.23. The Labute approximate surface area is 164 Å². The molecule has 1 aliphatic heterocycles. The minimum absolute atomic E-state index is 0.00507. The van der Waals surface area contributed by atoms with Gasteiger partial charge < -0.3 is 9.47 Å². The van der Waals surface area contributed by atoms with Crippen LogP contribution in [0.1, 0.15) is 37.2 Å². The number of ketones is 1. The third kappa shape index (κ3) is 3.17. The molecule has 0 radical (unpaired) electrons. The van der Waals surface area contributed by atoms with Gasteiger partial charge in [0.25, 0.3) is 0 Å². The number of Topliss-reactive ketones (excluding diaryl/α,β-unsaturated/α-hetero) is 1. The number of carbonyl (C=O) groups excluding carboxylic acids is 2. The molecule has 1 atom stereocenters. The highest BCUT2D eigenvalue weighted by Crippen LogP contribution is 2.44. The van der Waals surface area contributed by atoms with Crippen LogP contribution in [0.2, 0.25) is 0 Å². The molecule has 5 heteroatoms. The molecule has 0 saturated heterocycles. The lowest BCUT2D eigenvalue weighted by Crippen LogP contribution is -2.40. The van der Waals surface area contributed by atoms with Gasteiger partial charge >= 0.3 is 0 Å². The Morgan fingerprint density at radius 2 is 1.64 bits per heavy atom. The Hall–Kier alpha value is -3.08. The van der Waals surface area contributed by atoms with Crippen LogP contribution in [-0.4, -0.2) is 25.9 Å². The molecule has 1 aliphatic carbocycles. The van der Waals surface area contributed by atoms with E-state index >= 15 is 0 Å². The summed E-state index contributed by atoms with van der Waals surface area (Å²) in [5, 5.41) is 0. The SMILES string of the molecule is COc1cccc(C2CC(=O)N(c3cccc(OC)c3)C3=C2C(=O)CCC3)c1. The van der Waals surface area contributed by atoms with E-state index in [-0.39, 0.29) is 24.0 Å². The van der Waals surface area contributed by atoms with Crippen molar-refractivity contribution in [3.05, 3.63) is 65.4 Å². The van der Waals surface area contributed by atoms with Crippen LogP contribution in [0.5, 0.6) is 11.5 Å². The van der Waals surface area contributed by atoms with E-state index in [1.165, 1.54) is 0 Å². The number of hydrogen-bond acceptors (Lipinski definition) is 4. The number of ether oxygens (including phenoxy) is 2. The summed E-state index contributed by atoms with van der Waals surface area (Å²) in [7, 11) is 3.22. The summed E-state index contributed by atoms with van der Waals surface area (Å²) in [6, 6.07) is 15.1. The van der Waals surface area contributed by atoms with E-state index in [9.17, 15) is 9.59 Å². The van der Waals surface area contributed by atoms with Gasteiger partial charge in [-0.15, -0.1) is 0 Å². The minimum atomic E-state index is -0.229. The van der Waals surface area contributed by atoms with Crippen molar-refractivity contribution in [2.75, 3.05) is 19.1 Å². The summed E-state index contributed by atoms with van der Waals surface area (Å²) in [6.07, 6.45) is 2.26. The second kappa shape index (κ2) is 7.50. The van der Waals surface area contributed by atoms with Crippen molar-refractivity contribution >= 4 is 17.4 Å². The molecule has 0 fully saturated rings. The van der Waals surface area contributed by atoms with Crippen LogP contribution in [0, 0.1) is 0 Å². The van der Waals surface area contributed by atoms with Crippen molar-refractivity contribution in [2.45, 2.75) is 31.6 Å². The molecule has 28 heavy (non-hydrogen) atoms. The molecule has 2 aromatic carbocycles. The smallest absolute Gasteiger partial charge is 0.232 e. The Morgan fingerprint density at radius 3 is 2.39 bits per heavy atom. The molecule has 0 spiro atoms. The molecule has 4 rings (SSSR count). The van der Waals surface area contributed by atoms with Gasteiger partial charge in [0.15, 0.2) is 5.78 Å². The van der Waals surface area contributed by atoms with Crippen LogP contribution < -0.4 is 14.4 Å². The Balaban J connectivity index is 1.84. The molecule has 0 saturated carbocycles. The summed E-state index contributed by atoms with van der Waals surface area (Å²) in [4.78, 5) is 27.8. The van der Waals surface area contributed by atoms with E-state index in [1.54, 1.807) is 19.1 Å². The number of allylic oxidation sites excluding steroid dienone is 2. The van der Waals surface area contributed by atoms with Gasteiger partial charge in [0, 0.05) is 36.1 Å². The van der Waals surface area contributed by atoms with E-state index in [1.807, 2.05) is 48.5 Å². The van der Waals surface area contributed by atoms with Crippen molar-refractivity contribution in [3.8, 4) is 11.5 Å². The fourth-order valence-electron chi connectivity index (χ4n) is 4.19. The molecule has 5 nitrogen and oxygen atoms in total. The lowest BCUT2D eigenvalue weighted by Gasteiger charge is -2.38. The third-order valence-electron chi connectivity index (χ3n) is 5.48. The third-order valence-corrected chi connectivity index (χ3v) is 5.48. The molecule has 1 heterocycles. The fraction of sp³-hybridized carbons (Fsp3) is 0.304. The summed E-state index contributed by atoms with van der Waals surface area (Å²) >= 11 is 0.